The Morgan fingerprint density at radius 3 is 2.37 bits per heavy atom. The lowest BCUT2D eigenvalue weighted by Gasteiger charge is -2.33. The van der Waals surface area contributed by atoms with E-state index in [1.807, 2.05) is 7.05 Å². The second-order valence-electron chi connectivity index (χ2n) is 5.30. The quantitative estimate of drug-likeness (QED) is 0.341. The number of hydrogen-bond acceptors (Lipinski definition) is 3. The van der Waals surface area contributed by atoms with Crippen LogP contribution in [0, 0.1) is 11.8 Å². The van der Waals surface area contributed by atoms with Crippen LogP contribution in [0.4, 0.5) is 0 Å². The molecule has 0 aromatic heterocycles. The lowest BCUT2D eigenvalue weighted by molar-refractivity contribution is -0.146. The third-order valence-electron chi connectivity index (χ3n) is 3.96. The number of carbonyl (C=O) groups is 1. The van der Waals surface area contributed by atoms with Gasteiger partial charge in [0.15, 0.2) is 5.96 Å². The van der Waals surface area contributed by atoms with Crippen molar-refractivity contribution in [2.45, 2.75) is 32.2 Å². The van der Waals surface area contributed by atoms with Gasteiger partial charge in [-0.05, 0) is 25.2 Å². The third kappa shape index (κ3) is 4.22. The standard InChI is InChI=1S/C13H23N3O2.HI/c1-9-8-11(9)15-13(14-2)16-6-4-10(5-7-16)12(17)18-3;/h9-11H,4-8H2,1-3H3,(H,14,15);1H. The monoisotopic (exact) mass is 381 g/mol. The molecule has 110 valence electrons. The number of halogens is 1. The van der Waals surface area contributed by atoms with Crippen LogP contribution in [0.5, 0.6) is 0 Å². The number of likely N-dealkylation sites (tertiary alicyclic amines) is 1. The summed E-state index contributed by atoms with van der Waals surface area (Å²) in [7, 11) is 3.28. The summed E-state index contributed by atoms with van der Waals surface area (Å²) in [6.45, 7) is 4.00. The summed E-state index contributed by atoms with van der Waals surface area (Å²) in [6.07, 6.45) is 2.94. The van der Waals surface area contributed by atoms with Crippen LogP contribution in [0.15, 0.2) is 4.99 Å². The fourth-order valence-corrected chi connectivity index (χ4v) is 2.48. The number of nitrogens with one attached hydrogen (secondary N) is 1. The second-order valence-corrected chi connectivity index (χ2v) is 5.30. The van der Waals surface area contributed by atoms with Gasteiger partial charge < -0.3 is 15.0 Å². The minimum atomic E-state index is -0.0755. The predicted octanol–water partition coefficient (Wildman–Crippen LogP) is 1.47. The molecule has 2 unspecified atom stereocenters. The van der Waals surface area contributed by atoms with Crippen molar-refractivity contribution in [3.05, 3.63) is 0 Å². The van der Waals surface area contributed by atoms with Gasteiger partial charge in [0.25, 0.3) is 0 Å². The molecule has 1 heterocycles. The summed E-state index contributed by atoms with van der Waals surface area (Å²) in [5.41, 5.74) is 0. The number of hydrogen-bond donors (Lipinski definition) is 1. The van der Waals surface area contributed by atoms with Gasteiger partial charge >= 0.3 is 5.97 Å². The van der Waals surface area contributed by atoms with Crippen LogP contribution < -0.4 is 5.32 Å². The van der Waals surface area contributed by atoms with Crippen molar-refractivity contribution in [2.75, 3.05) is 27.2 Å². The van der Waals surface area contributed by atoms with E-state index in [0.29, 0.717) is 6.04 Å². The summed E-state index contributed by atoms with van der Waals surface area (Å²) < 4.78 is 4.80. The second kappa shape index (κ2) is 7.31. The molecule has 0 amide bonds. The Hall–Kier alpha value is -0.530. The van der Waals surface area contributed by atoms with Crippen LogP contribution in [-0.2, 0) is 9.53 Å². The number of aliphatic imine (C=N–C) groups is 1. The lowest BCUT2D eigenvalue weighted by Crippen LogP contribution is -2.47. The van der Waals surface area contributed by atoms with Gasteiger partial charge in [-0.3, -0.25) is 9.79 Å². The van der Waals surface area contributed by atoms with Crippen molar-refractivity contribution >= 4 is 35.9 Å². The van der Waals surface area contributed by atoms with Crippen LogP contribution in [0.2, 0.25) is 0 Å². The molecule has 2 rings (SSSR count). The first-order valence-corrected chi connectivity index (χ1v) is 6.71. The van der Waals surface area contributed by atoms with Crippen LogP contribution in [0.25, 0.3) is 0 Å². The van der Waals surface area contributed by atoms with E-state index in [0.717, 1.165) is 37.8 Å². The molecule has 1 saturated carbocycles. The fourth-order valence-electron chi connectivity index (χ4n) is 2.48. The number of guanidine groups is 1. The summed E-state index contributed by atoms with van der Waals surface area (Å²) in [6, 6.07) is 0.585. The Labute approximate surface area is 132 Å². The molecule has 19 heavy (non-hydrogen) atoms. The Morgan fingerprint density at radius 1 is 1.37 bits per heavy atom. The highest BCUT2D eigenvalue weighted by atomic mass is 127. The molecule has 0 aromatic rings. The van der Waals surface area contributed by atoms with Crippen molar-refractivity contribution in [3.63, 3.8) is 0 Å². The molecule has 2 atom stereocenters. The van der Waals surface area contributed by atoms with E-state index in [9.17, 15) is 4.79 Å². The maximum absolute atomic E-state index is 11.5. The first-order valence-electron chi connectivity index (χ1n) is 6.71. The van der Waals surface area contributed by atoms with Crippen molar-refractivity contribution in [1.82, 2.24) is 10.2 Å². The molecule has 1 saturated heterocycles. The predicted molar refractivity (Wildman–Crippen MR) is 85.8 cm³/mol. The van der Waals surface area contributed by atoms with Gasteiger partial charge in [-0.25, -0.2) is 0 Å². The highest BCUT2D eigenvalue weighted by molar-refractivity contribution is 14.0. The molecule has 1 aliphatic carbocycles. The number of nitrogens with zero attached hydrogens (tertiary/aromatic N) is 2. The molecule has 2 aliphatic rings. The van der Waals surface area contributed by atoms with Crippen LogP contribution in [0.1, 0.15) is 26.2 Å². The zero-order valence-electron chi connectivity index (χ0n) is 11.9. The van der Waals surface area contributed by atoms with Crippen LogP contribution in [0.3, 0.4) is 0 Å². The van der Waals surface area contributed by atoms with Gasteiger partial charge in [-0.15, -0.1) is 24.0 Å². The van der Waals surface area contributed by atoms with Gasteiger partial charge in [0.2, 0.25) is 0 Å². The van der Waals surface area contributed by atoms with E-state index in [1.54, 1.807) is 0 Å². The van der Waals surface area contributed by atoms with Crippen molar-refractivity contribution in [3.8, 4) is 0 Å². The number of piperidine rings is 1. The summed E-state index contributed by atoms with van der Waals surface area (Å²) in [4.78, 5) is 18.0. The minimum Gasteiger partial charge on any atom is -0.469 e. The van der Waals surface area contributed by atoms with E-state index < -0.39 is 0 Å². The molecule has 0 spiro atoms. The average molecular weight is 381 g/mol. The van der Waals surface area contributed by atoms with Gasteiger partial charge in [0.05, 0.1) is 13.0 Å². The third-order valence-corrected chi connectivity index (χ3v) is 3.96. The lowest BCUT2D eigenvalue weighted by atomic mass is 9.97. The van der Waals surface area contributed by atoms with E-state index in [1.165, 1.54) is 13.5 Å². The molecule has 6 heteroatoms. The average Bonchev–Trinajstić information content (AvgIpc) is 3.11. The van der Waals surface area contributed by atoms with Gasteiger partial charge in [0, 0.05) is 26.2 Å². The normalized spacial score (nSPS) is 27.5. The smallest absolute Gasteiger partial charge is 0.308 e. The molecule has 5 nitrogen and oxygen atoms in total. The Kier molecular flexibility index (Phi) is 6.35. The zero-order chi connectivity index (χ0) is 13.1. The van der Waals surface area contributed by atoms with Gasteiger partial charge in [-0.2, -0.15) is 0 Å². The maximum Gasteiger partial charge on any atom is 0.308 e. The van der Waals surface area contributed by atoms with Gasteiger partial charge in [-0.1, -0.05) is 6.92 Å². The molecule has 1 N–H and O–H groups in total. The molecule has 1 aliphatic heterocycles. The SMILES string of the molecule is CN=C(NC1CC1C)N1CCC(C(=O)OC)CC1.I. The highest BCUT2D eigenvalue weighted by Gasteiger charge is 2.35. The topological polar surface area (TPSA) is 53.9 Å². The van der Waals surface area contributed by atoms with Gasteiger partial charge in [0.1, 0.15) is 0 Å². The largest absolute Gasteiger partial charge is 0.469 e. The first kappa shape index (κ1) is 16.5. The number of carbonyl (C=O) groups excluding carboxylic acids is 1. The van der Waals surface area contributed by atoms with E-state index in [2.05, 4.69) is 22.1 Å². The van der Waals surface area contributed by atoms with Crippen molar-refractivity contribution in [2.24, 2.45) is 16.8 Å². The zero-order valence-corrected chi connectivity index (χ0v) is 14.2. The van der Waals surface area contributed by atoms with E-state index in [-0.39, 0.29) is 35.9 Å². The van der Waals surface area contributed by atoms with Crippen molar-refractivity contribution < 1.29 is 9.53 Å². The minimum absolute atomic E-state index is 0. The van der Waals surface area contributed by atoms with E-state index >= 15 is 0 Å². The molecule has 0 bridgehead atoms. The molecule has 0 radical (unpaired) electrons. The summed E-state index contributed by atoms with van der Waals surface area (Å²) in [5.74, 6) is 1.72. The number of ether oxygens (including phenoxy) is 1. The Balaban J connectivity index is 0.00000180. The number of esters is 1. The van der Waals surface area contributed by atoms with Crippen LogP contribution >= 0.6 is 24.0 Å². The maximum atomic E-state index is 11.5. The number of methoxy groups -OCH3 is 1. The van der Waals surface area contributed by atoms with Crippen LogP contribution in [-0.4, -0.2) is 50.1 Å². The summed E-state index contributed by atoms with van der Waals surface area (Å²) in [5, 5.41) is 3.48. The molecule has 0 aromatic carbocycles. The Bertz CT molecular complexity index is 341. The summed E-state index contributed by atoms with van der Waals surface area (Å²) >= 11 is 0. The molecule has 2 fully saturated rings. The Morgan fingerprint density at radius 2 is 1.95 bits per heavy atom. The fraction of sp³-hybridized carbons (Fsp3) is 0.846. The van der Waals surface area contributed by atoms with Crippen molar-refractivity contribution in [1.29, 1.82) is 0 Å². The molecular weight excluding hydrogens is 357 g/mol. The highest BCUT2D eigenvalue weighted by Crippen LogP contribution is 2.29. The first-order chi connectivity index (χ1) is 8.65. The molecular formula is C13H24IN3O2. The van der Waals surface area contributed by atoms with E-state index in [4.69, 9.17) is 4.74 Å². The number of rotatable bonds is 2.